The fourth-order valence-corrected chi connectivity index (χ4v) is 1.61. The molecule has 0 heterocycles. The van der Waals surface area contributed by atoms with E-state index in [0.717, 1.165) is 0 Å². The maximum Gasteiger partial charge on any atom is 0.308 e. The summed E-state index contributed by atoms with van der Waals surface area (Å²) in [6, 6.07) is 4.49. The van der Waals surface area contributed by atoms with Crippen LogP contribution >= 0.6 is 0 Å². The van der Waals surface area contributed by atoms with Crippen molar-refractivity contribution in [2.75, 3.05) is 0 Å². The van der Waals surface area contributed by atoms with Crippen LogP contribution < -0.4 is 9.47 Å². The van der Waals surface area contributed by atoms with Crippen molar-refractivity contribution in [1.29, 1.82) is 0 Å². The van der Waals surface area contributed by atoms with E-state index in [4.69, 9.17) is 14.2 Å². The highest BCUT2D eigenvalue weighted by atomic mass is 16.6. The van der Waals surface area contributed by atoms with Gasteiger partial charge in [0.25, 0.3) is 0 Å². The van der Waals surface area contributed by atoms with Crippen LogP contribution in [0.2, 0.25) is 0 Å². The first-order chi connectivity index (χ1) is 9.83. The van der Waals surface area contributed by atoms with Crippen LogP contribution in [0.4, 0.5) is 0 Å². The first kappa shape index (κ1) is 16.4. The molecule has 0 saturated heterocycles. The molecule has 0 saturated carbocycles. The maximum atomic E-state index is 11.1. The van der Waals surface area contributed by atoms with E-state index in [1.54, 1.807) is 6.07 Å². The summed E-state index contributed by atoms with van der Waals surface area (Å²) in [5.41, 5.74) is 0.535. The molecule has 0 fully saturated rings. The van der Waals surface area contributed by atoms with Crippen molar-refractivity contribution < 1.29 is 28.6 Å². The molecule has 0 amide bonds. The second-order valence-corrected chi connectivity index (χ2v) is 4.16. The van der Waals surface area contributed by atoms with Crippen LogP contribution in [0.15, 0.2) is 30.9 Å². The van der Waals surface area contributed by atoms with Gasteiger partial charge >= 0.3 is 17.9 Å². The molecule has 112 valence electrons. The standard InChI is InChI=1S/C15H16O6/c1-5-13(19-9(2)16)12-6-7-14(20-10(3)17)15(8-12)21-11(4)18/h5-8,13H,1H2,2-4H3. The molecule has 1 aromatic carbocycles. The lowest BCUT2D eigenvalue weighted by Gasteiger charge is -2.15. The minimum atomic E-state index is -0.691. The Bertz CT molecular complexity index is 576. The van der Waals surface area contributed by atoms with Crippen molar-refractivity contribution in [3.63, 3.8) is 0 Å². The number of hydrogen-bond acceptors (Lipinski definition) is 6. The van der Waals surface area contributed by atoms with Gasteiger partial charge in [0.1, 0.15) is 6.10 Å². The Balaban J connectivity index is 3.18. The lowest BCUT2D eigenvalue weighted by atomic mass is 10.1. The first-order valence-electron chi connectivity index (χ1n) is 6.14. The molecule has 0 aromatic heterocycles. The molecule has 0 N–H and O–H groups in total. The Morgan fingerprint density at radius 3 is 2.05 bits per heavy atom. The van der Waals surface area contributed by atoms with Gasteiger partial charge in [-0.3, -0.25) is 14.4 Å². The fourth-order valence-electron chi connectivity index (χ4n) is 1.61. The summed E-state index contributed by atoms with van der Waals surface area (Å²) in [6.07, 6.45) is 0.739. The summed E-state index contributed by atoms with van der Waals surface area (Å²) in [5, 5.41) is 0. The molecule has 1 aromatic rings. The van der Waals surface area contributed by atoms with E-state index in [2.05, 4.69) is 6.58 Å². The predicted octanol–water partition coefficient (Wildman–Crippen LogP) is 2.33. The predicted molar refractivity (Wildman–Crippen MR) is 73.8 cm³/mol. The zero-order valence-electron chi connectivity index (χ0n) is 12.0. The quantitative estimate of drug-likeness (QED) is 0.471. The number of esters is 3. The average Bonchev–Trinajstić information content (AvgIpc) is 2.36. The molecule has 0 spiro atoms. The summed E-state index contributed by atoms with van der Waals surface area (Å²) in [7, 11) is 0. The number of carbonyl (C=O) groups excluding carboxylic acids is 3. The normalized spacial score (nSPS) is 11.2. The molecule has 1 rings (SSSR count). The Hall–Kier alpha value is -2.63. The third kappa shape index (κ3) is 5.10. The number of benzene rings is 1. The zero-order chi connectivity index (χ0) is 16.0. The van der Waals surface area contributed by atoms with Crippen LogP contribution in [0.1, 0.15) is 32.4 Å². The summed E-state index contributed by atoms with van der Waals surface area (Å²) < 4.78 is 15.0. The van der Waals surface area contributed by atoms with E-state index < -0.39 is 24.0 Å². The van der Waals surface area contributed by atoms with Crippen molar-refractivity contribution in [2.45, 2.75) is 26.9 Å². The van der Waals surface area contributed by atoms with Gasteiger partial charge in [-0.05, 0) is 18.2 Å². The molecule has 6 nitrogen and oxygen atoms in total. The largest absolute Gasteiger partial charge is 0.453 e. The lowest BCUT2D eigenvalue weighted by Crippen LogP contribution is -2.09. The molecular weight excluding hydrogens is 276 g/mol. The number of ether oxygens (including phenoxy) is 3. The highest BCUT2D eigenvalue weighted by Gasteiger charge is 2.16. The second kappa shape index (κ2) is 7.23. The molecule has 0 bridgehead atoms. The van der Waals surface area contributed by atoms with Crippen LogP contribution in [0, 0.1) is 0 Å². The van der Waals surface area contributed by atoms with E-state index in [0.29, 0.717) is 5.56 Å². The van der Waals surface area contributed by atoms with Crippen molar-refractivity contribution >= 4 is 17.9 Å². The van der Waals surface area contributed by atoms with Crippen molar-refractivity contribution in [2.24, 2.45) is 0 Å². The van der Waals surface area contributed by atoms with E-state index in [1.165, 1.54) is 39.0 Å². The van der Waals surface area contributed by atoms with E-state index >= 15 is 0 Å². The summed E-state index contributed by atoms with van der Waals surface area (Å²) in [4.78, 5) is 33.2. The van der Waals surface area contributed by atoms with E-state index in [-0.39, 0.29) is 11.5 Å². The molecule has 1 unspecified atom stereocenters. The summed E-state index contributed by atoms with van der Waals surface area (Å²) in [5.74, 6) is -1.42. The Kier molecular flexibility index (Phi) is 5.66. The maximum absolute atomic E-state index is 11.1. The van der Waals surface area contributed by atoms with Crippen LogP contribution in [0.3, 0.4) is 0 Å². The van der Waals surface area contributed by atoms with Crippen LogP contribution in [0.5, 0.6) is 11.5 Å². The van der Waals surface area contributed by atoms with E-state index in [1.807, 2.05) is 0 Å². The Morgan fingerprint density at radius 1 is 1.00 bits per heavy atom. The fraction of sp³-hybridized carbons (Fsp3) is 0.267. The van der Waals surface area contributed by atoms with Crippen molar-refractivity contribution in [3.8, 4) is 11.5 Å². The zero-order valence-corrected chi connectivity index (χ0v) is 12.0. The third-order valence-electron chi connectivity index (χ3n) is 2.31. The summed E-state index contributed by atoms with van der Waals surface area (Å²) >= 11 is 0. The van der Waals surface area contributed by atoms with Crippen LogP contribution in [0.25, 0.3) is 0 Å². The molecule has 21 heavy (non-hydrogen) atoms. The Morgan fingerprint density at radius 2 is 1.57 bits per heavy atom. The molecule has 0 aliphatic heterocycles. The minimum absolute atomic E-state index is 0.0641. The lowest BCUT2D eigenvalue weighted by molar-refractivity contribution is -0.144. The van der Waals surface area contributed by atoms with Gasteiger partial charge in [0.05, 0.1) is 0 Å². The van der Waals surface area contributed by atoms with Crippen LogP contribution in [-0.2, 0) is 19.1 Å². The average molecular weight is 292 g/mol. The first-order valence-corrected chi connectivity index (χ1v) is 6.14. The van der Waals surface area contributed by atoms with Gasteiger partial charge in [-0.25, -0.2) is 0 Å². The number of carbonyl (C=O) groups is 3. The van der Waals surface area contributed by atoms with Crippen LogP contribution in [-0.4, -0.2) is 17.9 Å². The molecular formula is C15H16O6. The third-order valence-corrected chi connectivity index (χ3v) is 2.31. The number of rotatable bonds is 5. The Labute approximate surface area is 122 Å². The molecule has 6 heteroatoms. The molecule has 0 aliphatic carbocycles. The topological polar surface area (TPSA) is 78.9 Å². The van der Waals surface area contributed by atoms with Gasteiger partial charge in [-0.1, -0.05) is 12.6 Å². The second-order valence-electron chi connectivity index (χ2n) is 4.16. The minimum Gasteiger partial charge on any atom is -0.453 e. The van der Waals surface area contributed by atoms with Gasteiger partial charge in [0, 0.05) is 26.3 Å². The van der Waals surface area contributed by atoms with Crippen molar-refractivity contribution in [1.82, 2.24) is 0 Å². The van der Waals surface area contributed by atoms with Gasteiger partial charge in [0.2, 0.25) is 0 Å². The highest BCUT2D eigenvalue weighted by molar-refractivity contribution is 5.74. The smallest absolute Gasteiger partial charge is 0.308 e. The van der Waals surface area contributed by atoms with Crippen molar-refractivity contribution in [3.05, 3.63) is 36.4 Å². The van der Waals surface area contributed by atoms with E-state index in [9.17, 15) is 14.4 Å². The van der Waals surface area contributed by atoms with Gasteiger partial charge in [-0.2, -0.15) is 0 Å². The summed E-state index contributed by atoms with van der Waals surface area (Å²) in [6.45, 7) is 7.31. The molecule has 0 radical (unpaired) electrons. The van der Waals surface area contributed by atoms with Gasteiger partial charge < -0.3 is 14.2 Å². The number of hydrogen-bond donors (Lipinski definition) is 0. The SMILES string of the molecule is C=CC(OC(C)=O)c1ccc(OC(C)=O)c(OC(C)=O)c1. The molecule has 1 atom stereocenters. The molecule has 0 aliphatic rings. The highest BCUT2D eigenvalue weighted by Crippen LogP contribution is 2.32. The van der Waals surface area contributed by atoms with Gasteiger partial charge in [0.15, 0.2) is 11.5 Å². The van der Waals surface area contributed by atoms with Gasteiger partial charge in [-0.15, -0.1) is 0 Å². The monoisotopic (exact) mass is 292 g/mol.